The van der Waals surface area contributed by atoms with Gasteiger partial charge in [0.25, 0.3) is 0 Å². The summed E-state index contributed by atoms with van der Waals surface area (Å²) in [6, 6.07) is 11.6. The Labute approximate surface area is 138 Å². The predicted octanol–water partition coefficient (Wildman–Crippen LogP) is 3.22. The normalized spacial score (nSPS) is 10.4. The van der Waals surface area contributed by atoms with E-state index in [9.17, 15) is 9.18 Å². The molecular formula is C17H16ClFN2O2. The maximum Gasteiger partial charge on any atom is 0.189 e. The minimum atomic E-state index is -0.438. The minimum absolute atomic E-state index is 0. The molecule has 0 aliphatic heterocycles. The molecule has 3 rings (SSSR count). The smallest absolute Gasteiger partial charge is 0.189 e. The number of fused-ring (bicyclic) bond motifs is 1. The van der Waals surface area contributed by atoms with Crippen molar-refractivity contribution in [2.45, 2.75) is 6.54 Å². The first-order chi connectivity index (χ1) is 10.6. The average Bonchev–Trinajstić information content (AvgIpc) is 2.54. The molecule has 1 aromatic heterocycles. The number of nitrogens with one attached hydrogen (secondary N) is 1. The molecule has 0 atom stereocenters. The Morgan fingerprint density at radius 1 is 1.13 bits per heavy atom. The number of aromatic amines is 1. The van der Waals surface area contributed by atoms with Crippen molar-refractivity contribution in [3.05, 3.63) is 64.2 Å². The summed E-state index contributed by atoms with van der Waals surface area (Å²) in [6.07, 6.45) is 0. The first kappa shape index (κ1) is 17.0. The summed E-state index contributed by atoms with van der Waals surface area (Å²) in [5, 5.41) is 0.547. The van der Waals surface area contributed by atoms with Crippen molar-refractivity contribution in [2.75, 3.05) is 7.11 Å². The van der Waals surface area contributed by atoms with Gasteiger partial charge in [-0.25, -0.2) is 4.39 Å². The van der Waals surface area contributed by atoms with Crippen molar-refractivity contribution >= 4 is 23.3 Å². The first-order valence-electron chi connectivity index (χ1n) is 6.82. The predicted molar refractivity (Wildman–Crippen MR) is 91.7 cm³/mol. The lowest BCUT2D eigenvalue weighted by Gasteiger charge is -2.07. The van der Waals surface area contributed by atoms with Crippen LogP contribution < -0.4 is 15.9 Å². The molecule has 0 unspecified atom stereocenters. The molecule has 1 heterocycles. The number of hydrogen-bond acceptors (Lipinski definition) is 3. The third-order valence-electron chi connectivity index (χ3n) is 3.59. The van der Waals surface area contributed by atoms with Crippen LogP contribution in [0.25, 0.3) is 22.0 Å². The van der Waals surface area contributed by atoms with E-state index in [4.69, 9.17) is 10.5 Å². The maximum atomic E-state index is 13.8. The average molecular weight is 335 g/mol. The molecule has 6 heteroatoms. The Morgan fingerprint density at radius 2 is 1.83 bits per heavy atom. The van der Waals surface area contributed by atoms with E-state index in [1.165, 1.54) is 19.2 Å². The Bertz CT molecular complexity index is 909. The van der Waals surface area contributed by atoms with Crippen LogP contribution in [0.1, 0.15) is 5.69 Å². The van der Waals surface area contributed by atoms with Crippen molar-refractivity contribution < 1.29 is 9.13 Å². The van der Waals surface area contributed by atoms with Gasteiger partial charge in [-0.3, -0.25) is 4.79 Å². The minimum Gasteiger partial charge on any atom is -0.494 e. The van der Waals surface area contributed by atoms with E-state index in [0.717, 1.165) is 5.56 Å². The number of pyridine rings is 1. The zero-order valence-corrected chi connectivity index (χ0v) is 13.2. The van der Waals surface area contributed by atoms with E-state index < -0.39 is 5.82 Å². The third-order valence-corrected chi connectivity index (χ3v) is 3.59. The van der Waals surface area contributed by atoms with Gasteiger partial charge in [0.15, 0.2) is 17.0 Å². The fraction of sp³-hybridized carbons (Fsp3) is 0.118. The highest BCUT2D eigenvalue weighted by Crippen LogP contribution is 2.27. The summed E-state index contributed by atoms with van der Waals surface area (Å²) >= 11 is 0. The van der Waals surface area contributed by atoms with Gasteiger partial charge in [0.2, 0.25) is 0 Å². The molecule has 23 heavy (non-hydrogen) atoms. The number of halogens is 2. The molecule has 0 bridgehead atoms. The number of H-pyrrole nitrogens is 1. The fourth-order valence-corrected chi connectivity index (χ4v) is 2.44. The van der Waals surface area contributed by atoms with Crippen LogP contribution >= 0.6 is 12.4 Å². The molecule has 0 aliphatic carbocycles. The van der Waals surface area contributed by atoms with Crippen LogP contribution in [0.15, 0.2) is 47.3 Å². The Kier molecular flexibility index (Phi) is 5.03. The van der Waals surface area contributed by atoms with Crippen molar-refractivity contribution in [1.29, 1.82) is 0 Å². The van der Waals surface area contributed by atoms with Crippen LogP contribution in [0.5, 0.6) is 5.75 Å². The summed E-state index contributed by atoms with van der Waals surface area (Å²) in [4.78, 5) is 15.2. The number of ether oxygens (including phenoxy) is 1. The summed E-state index contributed by atoms with van der Waals surface area (Å²) in [5.41, 5.74) is 8.29. The monoisotopic (exact) mass is 334 g/mol. The maximum absolute atomic E-state index is 13.8. The Balaban J connectivity index is 0.00000192. The largest absolute Gasteiger partial charge is 0.494 e. The second kappa shape index (κ2) is 6.81. The van der Waals surface area contributed by atoms with E-state index in [1.54, 1.807) is 24.3 Å². The van der Waals surface area contributed by atoms with Crippen molar-refractivity contribution in [2.24, 2.45) is 5.73 Å². The summed E-state index contributed by atoms with van der Waals surface area (Å²) in [7, 11) is 1.42. The molecule has 2 aromatic carbocycles. The lowest BCUT2D eigenvalue weighted by Crippen LogP contribution is -2.08. The third kappa shape index (κ3) is 3.21. The molecule has 120 valence electrons. The van der Waals surface area contributed by atoms with Gasteiger partial charge in [-0.05, 0) is 35.4 Å². The van der Waals surface area contributed by atoms with Crippen LogP contribution in [-0.4, -0.2) is 12.1 Å². The fourth-order valence-electron chi connectivity index (χ4n) is 2.44. The van der Waals surface area contributed by atoms with Gasteiger partial charge in [0.05, 0.1) is 7.11 Å². The van der Waals surface area contributed by atoms with Gasteiger partial charge in [-0.15, -0.1) is 12.4 Å². The number of benzene rings is 2. The second-order valence-electron chi connectivity index (χ2n) is 4.97. The summed E-state index contributed by atoms with van der Waals surface area (Å²) in [6.45, 7) is 0.274. The van der Waals surface area contributed by atoms with Gasteiger partial charge in [0.1, 0.15) is 0 Å². The van der Waals surface area contributed by atoms with E-state index in [1.807, 2.05) is 6.07 Å². The van der Waals surface area contributed by atoms with Crippen LogP contribution in [0, 0.1) is 5.82 Å². The topological polar surface area (TPSA) is 68.1 Å². The first-order valence-corrected chi connectivity index (χ1v) is 6.82. The van der Waals surface area contributed by atoms with Crippen LogP contribution in [0.2, 0.25) is 0 Å². The van der Waals surface area contributed by atoms with Gasteiger partial charge < -0.3 is 15.5 Å². The molecule has 0 aliphatic rings. The molecule has 0 radical (unpaired) electrons. The number of methoxy groups -OCH3 is 1. The highest BCUT2D eigenvalue weighted by atomic mass is 35.5. The van der Waals surface area contributed by atoms with Gasteiger partial charge >= 0.3 is 0 Å². The molecule has 0 saturated heterocycles. The highest BCUT2D eigenvalue weighted by molar-refractivity contribution is 5.85. The lowest BCUT2D eigenvalue weighted by molar-refractivity contribution is 0.386. The molecular weight excluding hydrogens is 319 g/mol. The highest BCUT2D eigenvalue weighted by Gasteiger charge is 2.08. The number of nitrogens with two attached hydrogens (primary N) is 1. The van der Waals surface area contributed by atoms with E-state index in [2.05, 4.69) is 4.98 Å². The summed E-state index contributed by atoms with van der Waals surface area (Å²) in [5.74, 6) is -0.248. The molecule has 0 amide bonds. The second-order valence-corrected chi connectivity index (χ2v) is 4.97. The molecule has 0 fully saturated rings. The van der Waals surface area contributed by atoms with E-state index in [0.29, 0.717) is 22.2 Å². The zero-order valence-electron chi connectivity index (χ0n) is 12.4. The van der Waals surface area contributed by atoms with Crippen molar-refractivity contribution in [3.8, 4) is 16.9 Å². The molecule has 3 N–H and O–H groups in total. The van der Waals surface area contributed by atoms with Crippen LogP contribution in [0.4, 0.5) is 4.39 Å². The number of hydrogen-bond donors (Lipinski definition) is 2. The van der Waals surface area contributed by atoms with Crippen LogP contribution in [0.3, 0.4) is 0 Å². The van der Waals surface area contributed by atoms with Crippen molar-refractivity contribution in [1.82, 2.24) is 4.98 Å². The molecule has 4 nitrogen and oxygen atoms in total. The quantitative estimate of drug-likeness (QED) is 0.772. The number of aromatic nitrogens is 1. The number of rotatable bonds is 3. The van der Waals surface area contributed by atoms with Crippen LogP contribution in [-0.2, 0) is 6.54 Å². The zero-order chi connectivity index (χ0) is 15.7. The molecule has 3 aromatic rings. The Morgan fingerprint density at radius 3 is 2.48 bits per heavy atom. The van der Waals surface area contributed by atoms with E-state index in [-0.39, 0.29) is 30.1 Å². The summed E-state index contributed by atoms with van der Waals surface area (Å²) < 4.78 is 18.7. The lowest BCUT2D eigenvalue weighted by atomic mass is 10.0. The molecule has 0 saturated carbocycles. The van der Waals surface area contributed by atoms with Gasteiger partial charge in [-0.1, -0.05) is 12.1 Å². The SMILES string of the molecule is COc1ccc(-c2ccc3[nH]c(CN)cc(=O)c3c2)cc1F.Cl. The van der Waals surface area contributed by atoms with Gasteiger partial charge in [-0.2, -0.15) is 0 Å². The van der Waals surface area contributed by atoms with Gasteiger partial charge in [0, 0.05) is 29.2 Å². The Hall–Kier alpha value is -2.37. The standard InChI is InChI=1S/C17H15FN2O2.ClH/c1-22-17-5-3-11(7-14(17)18)10-2-4-15-13(6-10)16(21)8-12(9-19)20-15;/h2-8H,9,19H2,1H3,(H,20,21);1H. The molecule has 0 spiro atoms. The van der Waals surface area contributed by atoms with Crippen molar-refractivity contribution in [3.63, 3.8) is 0 Å². The van der Waals surface area contributed by atoms with E-state index >= 15 is 0 Å².